The van der Waals surface area contributed by atoms with Crippen molar-refractivity contribution in [3.8, 4) is 5.75 Å². The van der Waals surface area contributed by atoms with E-state index in [1.165, 1.54) is 31.2 Å². The van der Waals surface area contributed by atoms with Gasteiger partial charge in [0, 0.05) is 13.0 Å². The number of phenols is 1. The molecule has 0 fully saturated rings. The Labute approximate surface area is 356 Å². The molecule has 0 spiro atoms. The van der Waals surface area contributed by atoms with E-state index in [4.69, 9.17) is 22.9 Å². The first-order valence-corrected chi connectivity index (χ1v) is 20.3. The molecule has 0 aromatic heterocycles. The number of guanidine groups is 1. The predicted molar refractivity (Wildman–Crippen MR) is 227 cm³/mol. The Balaban J connectivity index is 3.30. The molecular formula is C40H67N11O10. The predicted octanol–water partition coefficient (Wildman–Crippen LogP) is -1.66. The zero-order valence-electron chi connectivity index (χ0n) is 36.2. The fraction of sp³-hybridized carbons (Fsp3) is 0.625. The second kappa shape index (κ2) is 26.3. The number of carboxylic acids is 1. The highest BCUT2D eigenvalue weighted by Gasteiger charge is 2.33. The van der Waals surface area contributed by atoms with Crippen LogP contribution < -0.4 is 54.8 Å². The molecule has 0 aliphatic rings. The Morgan fingerprint density at radius 2 is 1.00 bits per heavy atom. The second-order valence-electron chi connectivity index (χ2n) is 16.4. The number of carbonyl (C=O) groups is 8. The van der Waals surface area contributed by atoms with Crippen LogP contribution in [0.15, 0.2) is 29.3 Å². The molecule has 0 heterocycles. The zero-order chi connectivity index (χ0) is 46.6. The second-order valence-corrected chi connectivity index (χ2v) is 16.4. The van der Waals surface area contributed by atoms with Gasteiger partial charge in [-0.25, -0.2) is 4.79 Å². The fourth-order valence-electron chi connectivity index (χ4n) is 6.03. The lowest BCUT2D eigenvalue weighted by Gasteiger charge is -2.28. The number of aliphatic imine (C=N–C) groups is 1. The Bertz CT molecular complexity index is 1680. The maximum absolute atomic E-state index is 13.9. The van der Waals surface area contributed by atoms with Crippen molar-refractivity contribution >= 4 is 53.3 Å². The minimum absolute atomic E-state index is 0.00669. The third-order valence-corrected chi connectivity index (χ3v) is 9.10. The van der Waals surface area contributed by atoms with Crippen molar-refractivity contribution < 1.29 is 48.6 Å². The van der Waals surface area contributed by atoms with Crippen LogP contribution in [0.2, 0.25) is 0 Å². The molecule has 21 heteroatoms. The number of hydrogen-bond acceptors (Lipinski definition) is 11. The van der Waals surface area contributed by atoms with E-state index in [1.54, 1.807) is 13.8 Å². The summed E-state index contributed by atoms with van der Waals surface area (Å²) in [6.45, 7) is 12.4. The monoisotopic (exact) mass is 862 g/mol. The van der Waals surface area contributed by atoms with Crippen LogP contribution in [0.1, 0.15) is 92.6 Å². The Hall–Kier alpha value is -5.99. The number of phenolic OH excluding ortho intramolecular Hbond substituents is 1. The fourth-order valence-corrected chi connectivity index (χ4v) is 6.03. The highest BCUT2D eigenvalue weighted by molar-refractivity contribution is 5.97. The minimum atomic E-state index is -1.33. The van der Waals surface area contributed by atoms with Gasteiger partial charge in [0.15, 0.2) is 5.96 Å². The smallest absolute Gasteiger partial charge is 0.326 e. The molecule has 16 N–H and O–H groups in total. The van der Waals surface area contributed by atoms with Gasteiger partial charge < -0.3 is 65.0 Å². The molecule has 0 radical (unpaired) electrons. The molecule has 342 valence electrons. The molecule has 7 amide bonds. The molecule has 0 unspecified atom stereocenters. The van der Waals surface area contributed by atoms with Crippen molar-refractivity contribution in [3.05, 3.63) is 29.8 Å². The van der Waals surface area contributed by atoms with Crippen molar-refractivity contribution in [1.82, 2.24) is 31.9 Å². The van der Waals surface area contributed by atoms with Crippen molar-refractivity contribution in [2.24, 2.45) is 45.7 Å². The highest BCUT2D eigenvalue weighted by atomic mass is 16.4. The van der Waals surface area contributed by atoms with E-state index in [0.717, 1.165) is 0 Å². The lowest BCUT2D eigenvalue weighted by atomic mass is 9.99. The number of carboxylic acid groups (broad SMARTS) is 1. The van der Waals surface area contributed by atoms with Gasteiger partial charge in [-0.3, -0.25) is 38.6 Å². The van der Waals surface area contributed by atoms with Gasteiger partial charge in [-0.15, -0.1) is 0 Å². The van der Waals surface area contributed by atoms with E-state index < -0.39 is 96.0 Å². The average molecular weight is 862 g/mol. The van der Waals surface area contributed by atoms with Crippen molar-refractivity contribution in [3.63, 3.8) is 0 Å². The average Bonchev–Trinajstić information content (AvgIpc) is 3.14. The molecule has 0 saturated carbocycles. The lowest BCUT2D eigenvalue weighted by Crippen LogP contribution is -2.60. The maximum atomic E-state index is 13.9. The van der Waals surface area contributed by atoms with Gasteiger partial charge in [0.2, 0.25) is 41.4 Å². The summed E-state index contributed by atoms with van der Waals surface area (Å²) in [5.74, 6) is -7.23. The van der Waals surface area contributed by atoms with Gasteiger partial charge in [-0.2, -0.15) is 0 Å². The summed E-state index contributed by atoms with van der Waals surface area (Å²) in [6, 6.07) is -2.88. The molecule has 1 aromatic carbocycles. The van der Waals surface area contributed by atoms with Crippen LogP contribution in [-0.4, -0.2) is 112 Å². The normalized spacial score (nSPS) is 14.6. The van der Waals surface area contributed by atoms with Gasteiger partial charge in [-0.05, 0) is 74.5 Å². The van der Waals surface area contributed by atoms with Crippen LogP contribution in [0.3, 0.4) is 0 Å². The number of amides is 7. The number of nitrogens with zero attached hydrogens (tertiary/aromatic N) is 1. The SMILES string of the molecule is CC(C)C[C@H](NC(=O)[C@H](CC(C)C)NC(=O)[C@@H](N)CC(N)=O)C(=O)N[C@@H](C)C(=O)N[C@@H](Cc1ccc(O)cc1)C(=O)N[C@@H](CC(C)C)C(=O)N[C@@H](CCCN=C(N)N)C(=O)O. The highest BCUT2D eigenvalue weighted by Crippen LogP contribution is 2.14. The van der Waals surface area contributed by atoms with Gasteiger partial charge in [0.25, 0.3) is 0 Å². The Morgan fingerprint density at radius 3 is 1.43 bits per heavy atom. The molecule has 1 aromatic rings. The number of carbonyl (C=O) groups excluding carboxylic acids is 7. The number of benzene rings is 1. The molecule has 0 saturated heterocycles. The quantitative estimate of drug-likeness (QED) is 0.0268. The van der Waals surface area contributed by atoms with Crippen LogP contribution in [0, 0.1) is 17.8 Å². The summed E-state index contributed by atoms with van der Waals surface area (Å²) in [7, 11) is 0. The van der Waals surface area contributed by atoms with E-state index in [0.29, 0.717) is 5.56 Å². The van der Waals surface area contributed by atoms with Crippen LogP contribution in [0.4, 0.5) is 0 Å². The first-order valence-electron chi connectivity index (χ1n) is 20.3. The molecule has 0 aliphatic heterocycles. The number of hydrogen-bond donors (Lipinski definition) is 12. The van der Waals surface area contributed by atoms with E-state index in [1.807, 2.05) is 27.7 Å². The summed E-state index contributed by atoms with van der Waals surface area (Å²) in [5.41, 5.74) is 22.1. The summed E-state index contributed by atoms with van der Waals surface area (Å²) < 4.78 is 0. The molecular weight excluding hydrogens is 795 g/mol. The van der Waals surface area contributed by atoms with E-state index in [-0.39, 0.29) is 74.5 Å². The van der Waals surface area contributed by atoms with Crippen molar-refractivity contribution in [2.45, 2.75) is 136 Å². The molecule has 0 aliphatic carbocycles. The summed E-state index contributed by atoms with van der Waals surface area (Å²) in [4.78, 5) is 108. The Kier molecular flexibility index (Phi) is 22.8. The largest absolute Gasteiger partial charge is 0.508 e. The zero-order valence-corrected chi connectivity index (χ0v) is 36.2. The van der Waals surface area contributed by atoms with Crippen LogP contribution >= 0.6 is 0 Å². The van der Waals surface area contributed by atoms with Crippen molar-refractivity contribution in [1.29, 1.82) is 0 Å². The third kappa shape index (κ3) is 21.2. The number of aromatic hydroxyl groups is 1. The molecule has 0 bridgehead atoms. The number of primary amides is 1. The van der Waals surface area contributed by atoms with Gasteiger partial charge >= 0.3 is 5.97 Å². The molecule has 1 rings (SSSR count). The van der Waals surface area contributed by atoms with E-state index >= 15 is 0 Å². The Morgan fingerprint density at radius 1 is 0.590 bits per heavy atom. The van der Waals surface area contributed by atoms with E-state index in [2.05, 4.69) is 36.9 Å². The van der Waals surface area contributed by atoms with Gasteiger partial charge in [-0.1, -0.05) is 53.7 Å². The first-order chi connectivity index (χ1) is 28.4. The molecule has 7 atom stereocenters. The first kappa shape index (κ1) is 53.0. The van der Waals surface area contributed by atoms with Crippen LogP contribution in [0.5, 0.6) is 5.75 Å². The van der Waals surface area contributed by atoms with Gasteiger partial charge in [0.1, 0.15) is 42.0 Å². The van der Waals surface area contributed by atoms with Crippen LogP contribution in [0.25, 0.3) is 0 Å². The number of nitrogens with one attached hydrogen (secondary N) is 6. The third-order valence-electron chi connectivity index (χ3n) is 9.10. The topological polar surface area (TPSA) is 366 Å². The molecule has 21 nitrogen and oxygen atoms in total. The summed E-state index contributed by atoms with van der Waals surface area (Å²) >= 11 is 0. The molecule has 61 heavy (non-hydrogen) atoms. The standard InChI is InChI=1S/C40H67N11O10/c1-20(2)15-28(50-37(58)29(16-21(3)4)49-34(55)26(41)19-32(42)53)35(56)46-23(7)33(54)48-31(18-24-10-12-25(52)13-11-24)38(59)51-30(17-22(5)6)36(57)47-27(39(60)61)9-8-14-45-40(43)44/h10-13,20-23,26-31,52H,8-9,14-19,41H2,1-7H3,(H2,42,53)(H,46,56)(H,47,57)(H,48,54)(H,49,55)(H,50,58)(H,51,59)(H,60,61)(H4,43,44,45)/t23-,26-,27-,28-,29-,30-,31-/m0/s1. The van der Waals surface area contributed by atoms with Gasteiger partial charge in [0.05, 0.1) is 12.5 Å². The summed E-state index contributed by atoms with van der Waals surface area (Å²) in [6.07, 6.45) is 0.0856. The minimum Gasteiger partial charge on any atom is -0.508 e. The summed E-state index contributed by atoms with van der Waals surface area (Å²) in [5, 5.41) is 35.1. The number of rotatable bonds is 27. The number of aliphatic carboxylic acids is 1. The van der Waals surface area contributed by atoms with Crippen LogP contribution in [-0.2, 0) is 44.8 Å². The van der Waals surface area contributed by atoms with E-state index in [9.17, 15) is 48.6 Å². The van der Waals surface area contributed by atoms with Crippen molar-refractivity contribution in [2.75, 3.05) is 6.54 Å². The number of nitrogens with two attached hydrogens (primary N) is 4. The maximum Gasteiger partial charge on any atom is 0.326 e. The lowest BCUT2D eigenvalue weighted by molar-refractivity contribution is -0.142.